The van der Waals surface area contributed by atoms with Crippen molar-refractivity contribution >= 4 is 17.6 Å². The van der Waals surface area contributed by atoms with E-state index in [9.17, 15) is 4.79 Å². The van der Waals surface area contributed by atoms with Crippen molar-refractivity contribution in [3.8, 4) is 0 Å². The van der Waals surface area contributed by atoms with Gasteiger partial charge in [0.15, 0.2) is 10.8 Å². The highest BCUT2D eigenvalue weighted by Gasteiger charge is 2.45. The second kappa shape index (κ2) is 3.29. The molecule has 1 unspecified atom stereocenters. The molecule has 5 heteroatoms. The van der Waals surface area contributed by atoms with Crippen LogP contribution in [0, 0.1) is 0 Å². The molecule has 76 valence electrons. The maximum Gasteiger partial charge on any atom is 0.331 e. The van der Waals surface area contributed by atoms with Crippen LogP contribution in [0.1, 0.15) is 18.6 Å². The Hall–Kier alpha value is -1.00. The zero-order valence-electron chi connectivity index (χ0n) is 7.42. The summed E-state index contributed by atoms with van der Waals surface area (Å²) in [4.78, 5) is 11.2. The number of nitrogens with one attached hydrogen (secondary N) is 1. The minimum absolute atomic E-state index is 0.217. The predicted molar refractivity (Wildman–Crippen MR) is 50.3 cm³/mol. The van der Waals surface area contributed by atoms with E-state index in [0.29, 0.717) is 18.7 Å². The molecule has 4 nitrogen and oxygen atoms in total. The number of halogens is 1. The van der Waals surface area contributed by atoms with Gasteiger partial charge in [0.2, 0.25) is 0 Å². The number of hydrogen-bond acceptors (Lipinski definition) is 3. The lowest BCUT2D eigenvalue weighted by Crippen LogP contribution is -2.44. The molecular weight excluding hydrogens is 206 g/mol. The third-order valence-electron chi connectivity index (χ3n) is 2.51. The quantitative estimate of drug-likeness (QED) is 0.787. The second-order valence-electron chi connectivity index (χ2n) is 3.34. The van der Waals surface area contributed by atoms with E-state index in [-0.39, 0.29) is 5.22 Å². The third kappa shape index (κ3) is 1.31. The Labute approximate surface area is 85.9 Å². The summed E-state index contributed by atoms with van der Waals surface area (Å²) < 4.78 is 5.15. The maximum atomic E-state index is 11.2. The molecule has 0 radical (unpaired) electrons. The molecule has 0 saturated carbocycles. The topological polar surface area (TPSA) is 62.5 Å². The van der Waals surface area contributed by atoms with Gasteiger partial charge in [-0.2, -0.15) is 0 Å². The smallest absolute Gasteiger partial charge is 0.331 e. The fraction of sp³-hybridized carbons (Fsp3) is 0.444. The lowest BCUT2D eigenvalue weighted by atomic mass is 9.95. The average Bonchev–Trinajstić information content (AvgIpc) is 2.71. The lowest BCUT2D eigenvalue weighted by Gasteiger charge is -2.21. The predicted octanol–water partition coefficient (Wildman–Crippen LogP) is 1.60. The molecule has 0 spiro atoms. The molecule has 2 N–H and O–H groups in total. The first-order valence-corrected chi connectivity index (χ1v) is 4.77. The van der Waals surface area contributed by atoms with Crippen molar-refractivity contribution in [3.05, 3.63) is 23.1 Å². The van der Waals surface area contributed by atoms with Gasteiger partial charge in [0, 0.05) is 0 Å². The highest BCUT2D eigenvalue weighted by atomic mass is 35.5. The van der Waals surface area contributed by atoms with E-state index in [1.807, 2.05) is 0 Å². The molecule has 1 aliphatic rings. The minimum Gasteiger partial charge on any atom is -0.480 e. The van der Waals surface area contributed by atoms with Gasteiger partial charge in [-0.1, -0.05) is 0 Å². The summed E-state index contributed by atoms with van der Waals surface area (Å²) in [7, 11) is 0. The number of carboxylic acid groups (broad SMARTS) is 1. The summed E-state index contributed by atoms with van der Waals surface area (Å²) >= 11 is 5.62. The zero-order valence-corrected chi connectivity index (χ0v) is 8.17. The van der Waals surface area contributed by atoms with Crippen molar-refractivity contribution in [2.45, 2.75) is 18.4 Å². The third-order valence-corrected chi connectivity index (χ3v) is 2.72. The Morgan fingerprint density at radius 1 is 1.64 bits per heavy atom. The molecule has 1 fully saturated rings. The van der Waals surface area contributed by atoms with Crippen LogP contribution in [0.15, 0.2) is 16.5 Å². The van der Waals surface area contributed by atoms with Crippen LogP contribution in [0.5, 0.6) is 0 Å². The van der Waals surface area contributed by atoms with Crippen molar-refractivity contribution in [3.63, 3.8) is 0 Å². The molecule has 1 atom stereocenters. The highest BCUT2D eigenvalue weighted by molar-refractivity contribution is 6.28. The molecule has 0 aromatic carbocycles. The van der Waals surface area contributed by atoms with Crippen LogP contribution in [-0.2, 0) is 10.3 Å². The molecule has 14 heavy (non-hydrogen) atoms. The van der Waals surface area contributed by atoms with Gasteiger partial charge in [-0.05, 0) is 43.1 Å². The standard InChI is InChI=1S/C9H10ClNO3/c10-7-3-2-6(14-7)9(8(12)13)4-1-5-11-9/h2-3,11H,1,4-5H2,(H,12,13). The summed E-state index contributed by atoms with van der Waals surface area (Å²) in [5, 5.41) is 12.3. The fourth-order valence-electron chi connectivity index (χ4n) is 1.79. The SMILES string of the molecule is O=C(O)C1(c2ccc(Cl)o2)CCCN1. The number of carbonyl (C=O) groups is 1. The number of hydrogen-bond donors (Lipinski definition) is 2. The van der Waals surface area contributed by atoms with E-state index in [0.717, 1.165) is 6.42 Å². The summed E-state index contributed by atoms with van der Waals surface area (Å²) in [6.45, 7) is 0.685. The summed E-state index contributed by atoms with van der Waals surface area (Å²) in [6, 6.07) is 3.16. The molecule has 2 rings (SSSR count). The fourth-order valence-corrected chi connectivity index (χ4v) is 1.93. The minimum atomic E-state index is -1.08. The Kier molecular flexibility index (Phi) is 2.25. The van der Waals surface area contributed by atoms with E-state index in [1.54, 1.807) is 12.1 Å². The van der Waals surface area contributed by atoms with Crippen LogP contribution in [-0.4, -0.2) is 17.6 Å². The molecule has 1 aliphatic heterocycles. The van der Waals surface area contributed by atoms with Crippen LogP contribution in [0.4, 0.5) is 0 Å². The van der Waals surface area contributed by atoms with Gasteiger partial charge in [-0.15, -0.1) is 0 Å². The summed E-state index contributed by atoms with van der Waals surface area (Å²) in [6.07, 6.45) is 1.36. The molecule has 1 saturated heterocycles. The van der Waals surface area contributed by atoms with Gasteiger partial charge in [-0.3, -0.25) is 5.32 Å². The van der Waals surface area contributed by atoms with E-state index in [2.05, 4.69) is 5.32 Å². The lowest BCUT2D eigenvalue weighted by molar-refractivity contribution is -0.145. The first-order valence-electron chi connectivity index (χ1n) is 4.39. The Morgan fingerprint density at radius 2 is 2.43 bits per heavy atom. The van der Waals surface area contributed by atoms with Gasteiger partial charge < -0.3 is 9.52 Å². The van der Waals surface area contributed by atoms with E-state index >= 15 is 0 Å². The largest absolute Gasteiger partial charge is 0.480 e. The maximum absolute atomic E-state index is 11.2. The van der Waals surface area contributed by atoms with Crippen LogP contribution in [0.3, 0.4) is 0 Å². The molecular formula is C9H10ClNO3. The molecule has 2 heterocycles. The van der Waals surface area contributed by atoms with Crippen molar-refractivity contribution in [1.82, 2.24) is 5.32 Å². The molecule has 0 amide bonds. The number of furan rings is 1. The monoisotopic (exact) mass is 215 g/mol. The van der Waals surface area contributed by atoms with Crippen LogP contribution in [0.25, 0.3) is 0 Å². The van der Waals surface area contributed by atoms with Crippen LogP contribution < -0.4 is 5.32 Å². The van der Waals surface area contributed by atoms with E-state index < -0.39 is 11.5 Å². The normalized spacial score (nSPS) is 26.6. The molecule has 0 bridgehead atoms. The van der Waals surface area contributed by atoms with Crippen molar-refractivity contribution in [1.29, 1.82) is 0 Å². The molecule has 0 aliphatic carbocycles. The van der Waals surface area contributed by atoms with Crippen LogP contribution >= 0.6 is 11.6 Å². The summed E-state index contributed by atoms with van der Waals surface area (Å²) in [5.74, 6) is -0.534. The number of aliphatic carboxylic acids is 1. The van der Waals surface area contributed by atoms with Gasteiger partial charge in [0.05, 0.1) is 0 Å². The van der Waals surface area contributed by atoms with E-state index in [4.69, 9.17) is 21.1 Å². The van der Waals surface area contributed by atoms with Crippen molar-refractivity contribution < 1.29 is 14.3 Å². The Bertz CT molecular complexity index is 355. The average molecular weight is 216 g/mol. The van der Waals surface area contributed by atoms with E-state index in [1.165, 1.54) is 0 Å². The summed E-state index contributed by atoms with van der Waals surface area (Å²) in [5.41, 5.74) is -1.08. The van der Waals surface area contributed by atoms with Crippen molar-refractivity contribution in [2.75, 3.05) is 6.54 Å². The van der Waals surface area contributed by atoms with Gasteiger partial charge >= 0.3 is 5.97 Å². The Morgan fingerprint density at radius 3 is 2.86 bits per heavy atom. The molecule has 1 aromatic heterocycles. The highest BCUT2D eigenvalue weighted by Crippen LogP contribution is 2.33. The zero-order chi connectivity index (χ0) is 10.2. The number of rotatable bonds is 2. The van der Waals surface area contributed by atoms with Gasteiger partial charge in [0.25, 0.3) is 0 Å². The van der Waals surface area contributed by atoms with Crippen LogP contribution in [0.2, 0.25) is 5.22 Å². The van der Waals surface area contributed by atoms with Crippen molar-refractivity contribution in [2.24, 2.45) is 0 Å². The Balaban J connectivity index is 2.41. The van der Waals surface area contributed by atoms with Gasteiger partial charge in [0.1, 0.15) is 5.76 Å². The number of carboxylic acids is 1. The first-order chi connectivity index (χ1) is 6.65. The second-order valence-corrected chi connectivity index (χ2v) is 3.72. The molecule has 1 aromatic rings. The first kappa shape index (κ1) is 9.55. The van der Waals surface area contributed by atoms with Gasteiger partial charge in [-0.25, -0.2) is 4.79 Å².